The Morgan fingerprint density at radius 3 is 2.65 bits per heavy atom. The summed E-state index contributed by atoms with van der Waals surface area (Å²) < 4.78 is 6.85. The summed E-state index contributed by atoms with van der Waals surface area (Å²) in [5.74, 6) is 0.707. The maximum Gasteiger partial charge on any atom is 0.279 e. The summed E-state index contributed by atoms with van der Waals surface area (Å²) in [4.78, 5) is 29.8. The molecule has 2 N–H and O–H groups in total. The molecule has 160 valence electrons. The molecule has 0 fully saturated rings. The van der Waals surface area contributed by atoms with E-state index in [4.69, 9.17) is 4.74 Å². The number of methoxy groups -OCH3 is 1. The summed E-state index contributed by atoms with van der Waals surface area (Å²) in [6, 6.07) is 13.1. The number of fused-ring (bicyclic) bond motifs is 1. The Morgan fingerprint density at radius 1 is 1.23 bits per heavy atom. The molecular formula is C23H23N3O4S. The fraction of sp³-hybridized carbons (Fsp3) is 0.261. The van der Waals surface area contributed by atoms with Crippen LogP contribution in [-0.4, -0.2) is 27.7 Å². The fourth-order valence-electron chi connectivity index (χ4n) is 3.71. The highest BCUT2D eigenvalue weighted by molar-refractivity contribution is 7.98. The lowest BCUT2D eigenvalue weighted by molar-refractivity contribution is -0.116. The second kappa shape index (κ2) is 8.47. The number of benzene rings is 2. The maximum atomic E-state index is 13.0. The molecule has 3 aromatic rings. The first kappa shape index (κ1) is 21.0. The van der Waals surface area contributed by atoms with E-state index < -0.39 is 5.92 Å². The van der Waals surface area contributed by atoms with Crippen molar-refractivity contribution in [2.45, 2.75) is 30.2 Å². The van der Waals surface area contributed by atoms with Gasteiger partial charge in [0.05, 0.1) is 12.7 Å². The number of amides is 1. The summed E-state index contributed by atoms with van der Waals surface area (Å²) in [6.45, 7) is 2.04. The van der Waals surface area contributed by atoms with E-state index in [-0.39, 0.29) is 23.6 Å². The van der Waals surface area contributed by atoms with E-state index in [2.05, 4.69) is 10.3 Å². The van der Waals surface area contributed by atoms with Gasteiger partial charge in [0.2, 0.25) is 5.91 Å². The van der Waals surface area contributed by atoms with Crippen LogP contribution in [0.3, 0.4) is 0 Å². The molecule has 0 radical (unpaired) electrons. The molecule has 1 aromatic heterocycles. The first-order valence-corrected chi connectivity index (χ1v) is 10.8. The average molecular weight is 438 g/mol. The van der Waals surface area contributed by atoms with Crippen LogP contribution < -0.4 is 15.6 Å². The van der Waals surface area contributed by atoms with E-state index in [1.807, 2.05) is 31.2 Å². The number of phenols is 1. The Balaban J connectivity index is 1.70. The van der Waals surface area contributed by atoms with Crippen molar-refractivity contribution < 1.29 is 14.6 Å². The number of aromatic hydroxyl groups is 1. The number of aryl methyl sites for hydroxylation is 1. The molecule has 4 rings (SSSR count). The molecule has 0 unspecified atom stereocenters. The molecule has 31 heavy (non-hydrogen) atoms. The Labute approximate surface area is 184 Å². The summed E-state index contributed by atoms with van der Waals surface area (Å²) in [6.07, 6.45) is 0.103. The number of nitrogens with one attached hydrogen (secondary N) is 1. The van der Waals surface area contributed by atoms with Crippen LogP contribution in [0.2, 0.25) is 0 Å². The van der Waals surface area contributed by atoms with Gasteiger partial charge in [-0.15, -0.1) is 0 Å². The van der Waals surface area contributed by atoms with Gasteiger partial charge in [0.25, 0.3) is 5.56 Å². The van der Waals surface area contributed by atoms with Crippen molar-refractivity contribution >= 4 is 23.5 Å². The number of ether oxygens (including phenoxy) is 1. The van der Waals surface area contributed by atoms with Gasteiger partial charge >= 0.3 is 0 Å². The van der Waals surface area contributed by atoms with Crippen molar-refractivity contribution in [2.75, 3.05) is 12.4 Å². The van der Waals surface area contributed by atoms with Crippen molar-refractivity contribution in [1.29, 1.82) is 0 Å². The van der Waals surface area contributed by atoms with Crippen molar-refractivity contribution in [3.63, 3.8) is 0 Å². The van der Waals surface area contributed by atoms with Gasteiger partial charge < -0.3 is 19.7 Å². The molecule has 8 heteroatoms. The summed E-state index contributed by atoms with van der Waals surface area (Å²) in [7, 11) is 3.25. The van der Waals surface area contributed by atoms with E-state index in [1.165, 1.54) is 30.5 Å². The molecule has 2 heterocycles. The molecule has 0 saturated heterocycles. The van der Waals surface area contributed by atoms with Gasteiger partial charge in [0, 0.05) is 25.1 Å². The van der Waals surface area contributed by atoms with Crippen LogP contribution in [-0.2, 0) is 17.6 Å². The molecule has 1 amide bonds. The third-order valence-electron chi connectivity index (χ3n) is 5.39. The molecule has 0 aliphatic carbocycles. The first-order chi connectivity index (χ1) is 14.9. The van der Waals surface area contributed by atoms with Crippen LogP contribution in [0.15, 0.2) is 52.4 Å². The minimum atomic E-state index is -0.497. The maximum absolute atomic E-state index is 13.0. The lowest BCUT2D eigenvalue weighted by Crippen LogP contribution is -2.33. The normalized spacial score (nSPS) is 15.3. The van der Waals surface area contributed by atoms with Gasteiger partial charge in [0.15, 0.2) is 16.7 Å². The van der Waals surface area contributed by atoms with Gasteiger partial charge in [0.1, 0.15) is 5.82 Å². The fourth-order valence-corrected chi connectivity index (χ4v) is 4.63. The van der Waals surface area contributed by atoms with E-state index in [9.17, 15) is 14.7 Å². The van der Waals surface area contributed by atoms with Crippen LogP contribution in [0, 0.1) is 6.92 Å². The lowest BCUT2D eigenvalue weighted by atomic mass is 9.86. The highest BCUT2D eigenvalue weighted by atomic mass is 32.2. The Kier molecular flexibility index (Phi) is 5.73. The van der Waals surface area contributed by atoms with Crippen molar-refractivity contribution in [1.82, 2.24) is 9.55 Å². The number of nitrogens with zero attached hydrogens (tertiary/aromatic N) is 2. The van der Waals surface area contributed by atoms with Gasteiger partial charge in [-0.3, -0.25) is 9.59 Å². The van der Waals surface area contributed by atoms with Gasteiger partial charge in [-0.1, -0.05) is 47.7 Å². The number of rotatable bonds is 5. The molecule has 2 aromatic carbocycles. The summed E-state index contributed by atoms with van der Waals surface area (Å²) >= 11 is 1.44. The minimum Gasteiger partial charge on any atom is -0.504 e. The summed E-state index contributed by atoms with van der Waals surface area (Å²) in [5, 5.41) is 13.5. The highest BCUT2D eigenvalue weighted by Gasteiger charge is 2.32. The molecule has 0 saturated carbocycles. The number of thioether (sulfide) groups is 1. The van der Waals surface area contributed by atoms with Crippen LogP contribution >= 0.6 is 11.8 Å². The number of aromatic nitrogens is 2. The number of carbonyl (C=O) groups is 1. The monoisotopic (exact) mass is 437 g/mol. The number of hydrogen-bond donors (Lipinski definition) is 2. The molecule has 7 nitrogen and oxygen atoms in total. The lowest BCUT2D eigenvalue weighted by Gasteiger charge is -2.27. The van der Waals surface area contributed by atoms with Crippen LogP contribution in [0.5, 0.6) is 11.5 Å². The van der Waals surface area contributed by atoms with E-state index >= 15 is 0 Å². The molecule has 1 aliphatic rings. The molecule has 1 atom stereocenters. The van der Waals surface area contributed by atoms with E-state index in [0.29, 0.717) is 33.6 Å². The van der Waals surface area contributed by atoms with E-state index in [1.54, 1.807) is 23.7 Å². The van der Waals surface area contributed by atoms with Crippen molar-refractivity contribution in [2.24, 2.45) is 7.05 Å². The predicted octanol–water partition coefficient (Wildman–Crippen LogP) is 3.57. The zero-order chi connectivity index (χ0) is 22.1. The number of carbonyl (C=O) groups excluding carboxylic acids is 1. The van der Waals surface area contributed by atoms with Crippen LogP contribution in [0.25, 0.3) is 0 Å². The Hall–Kier alpha value is -3.26. The SMILES string of the molecule is COc1ccc([C@@H]2CC(=O)Nc3c2c(=O)nc(SCc2ccc(C)cc2)n3C)cc1O. The van der Waals surface area contributed by atoms with Crippen molar-refractivity contribution in [3.8, 4) is 11.5 Å². The average Bonchev–Trinajstić information content (AvgIpc) is 2.75. The second-order valence-corrected chi connectivity index (χ2v) is 8.47. The number of phenolic OH excluding ortho intramolecular Hbond substituents is 1. The topological polar surface area (TPSA) is 93.5 Å². The Bertz CT molecular complexity index is 1200. The smallest absolute Gasteiger partial charge is 0.279 e. The van der Waals surface area contributed by atoms with Crippen LogP contribution in [0.1, 0.15) is 34.6 Å². The number of hydrogen-bond acceptors (Lipinski definition) is 6. The third-order valence-corrected chi connectivity index (χ3v) is 6.50. The highest BCUT2D eigenvalue weighted by Crippen LogP contribution is 2.38. The first-order valence-electron chi connectivity index (χ1n) is 9.83. The standard InChI is InChI=1S/C23H23N3O4S/c1-13-4-6-14(7-5-13)12-31-23-25-22(29)20-16(11-19(28)24-21(20)26(23)2)15-8-9-18(30-3)17(27)10-15/h4-10,16,27H,11-12H2,1-3H3,(H,24,28)/t16-/m0/s1. The zero-order valence-corrected chi connectivity index (χ0v) is 18.3. The van der Waals surface area contributed by atoms with Gasteiger partial charge in [-0.25, -0.2) is 0 Å². The second-order valence-electron chi connectivity index (χ2n) is 7.53. The van der Waals surface area contributed by atoms with Crippen molar-refractivity contribution in [3.05, 3.63) is 75.1 Å². The molecule has 0 bridgehead atoms. The minimum absolute atomic E-state index is 0.0393. The predicted molar refractivity (Wildman–Crippen MR) is 120 cm³/mol. The zero-order valence-electron chi connectivity index (χ0n) is 17.5. The molecule has 0 spiro atoms. The van der Waals surface area contributed by atoms with E-state index in [0.717, 1.165) is 5.56 Å². The number of anilines is 1. The third kappa shape index (κ3) is 4.16. The van der Waals surface area contributed by atoms with Gasteiger partial charge in [-0.2, -0.15) is 4.98 Å². The molecular weight excluding hydrogens is 414 g/mol. The quantitative estimate of drug-likeness (QED) is 0.468. The Morgan fingerprint density at radius 2 is 1.97 bits per heavy atom. The summed E-state index contributed by atoms with van der Waals surface area (Å²) in [5.41, 5.74) is 3.02. The molecule has 1 aliphatic heterocycles. The largest absolute Gasteiger partial charge is 0.504 e. The van der Waals surface area contributed by atoms with Gasteiger partial charge in [-0.05, 0) is 30.2 Å². The van der Waals surface area contributed by atoms with Crippen LogP contribution in [0.4, 0.5) is 5.82 Å².